The van der Waals surface area contributed by atoms with E-state index >= 15 is 0 Å². The van der Waals surface area contributed by atoms with E-state index in [1.54, 1.807) is 4.90 Å². The summed E-state index contributed by atoms with van der Waals surface area (Å²) >= 11 is 0. The molecule has 0 saturated carbocycles. The van der Waals surface area contributed by atoms with Crippen LogP contribution in [0, 0.1) is 5.82 Å². The first-order valence-corrected chi connectivity index (χ1v) is 12.6. The first kappa shape index (κ1) is 23.0. The van der Waals surface area contributed by atoms with Gasteiger partial charge in [-0.05, 0) is 51.0 Å². The van der Waals surface area contributed by atoms with Crippen LogP contribution in [0.3, 0.4) is 0 Å². The molecule has 9 nitrogen and oxygen atoms in total. The number of hydrogen-bond acceptors (Lipinski definition) is 7. The molecular formula is C22H26FN5O4S. The van der Waals surface area contributed by atoms with Crippen molar-refractivity contribution in [2.24, 2.45) is 0 Å². The number of piperidine rings is 1. The van der Waals surface area contributed by atoms with Gasteiger partial charge in [-0.15, -0.1) is 0 Å². The molecule has 3 heterocycles. The molecule has 0 radical (unpaired) electrons. The van der Waals surface area contributed by atoms with Gasteiger partial charge in [0.25, 0.3) is 0 Å². The number of aromatic nitrogens is 3. The molecule has 1 amide bonds. The third-order valence-electron chi connectivity index (χ3n) is 5.58. The number of nitrogens with zero attached hydrogens (tertiary/aromatic N) is 4. The summed E-state index contributed by atoms with van der Waals surface area (Å²) in [6.45, 7) is 4.83. The number of likely N-dealkylation sites (tertiary alicyclic amines) is 1. The fourth-order valence-electron chi connectivity index (χ4n) is 3.92. The molecule has 1 saturated heterocycles. The van der Waals surface area contributed by atoms with Crippen molar-refractivity contribution < 1.29 is 22.3 Å². The van der Waals surface area contributed by atoms with Gasteiger partial charge >= 0.3 is 6.09 Å². The van der Waals surface area contributed by atoms with E-state index in [2.05, 4.69) is 19.9 Å². The molecular weight excluding hydrogens is 449 g/mol. The number of ether oxygens (including phenoxy) is 1. The van der Waals surface area contributed by atoms with E-state index in [1.165, 1.54) is 18.5 Å². The lowest BCUT2D eigenvalue weighted by Crippen LogP contribution is -2.40. The number of anilines is 2. The summed E-state index contributed by atoms with van der Waals surface area (Å²) in [5, 5.41) is 3.66. The summed E-state index contributed by atoms with van der Waals surface area (Å²) < 4.78 is 45.2. The van der Waals surface area contributed by atoms with Gasteiger partial charge in [0.15, 0.2) is 9.84 Å². The van der Waals surface area contributed by atoms with Crippen LogP contribution in [0.15, 0.2) is 41.7 Å². The van der Waals surface area contributed by atoms with Crippen LogP contribution in [0.1, 0.15) is 32.7 Å². The molecule has 0 bridgehead atoms. The lowest BCUT2D eigenvalue weighted by atomic mass is 10.1. The highest BCUT2D eigenvalue weighted by Crippen LogP contribution is 2.31. The summed E-state index contributed by atoms with van der Waals surface area (Å²) in [4.78, 5) is 22.4. The molecule has 0 atom stereocenters. The Morgan fingerprint density at radius 3 is 2.58 bits per heavy atom. The fourth-order valence-corrected chi connectivity index (χ4v) is 4.56. The predicted octanol–water partition coefficient (Wildman–Crippen LogP) is 3.90. The summed E-state index contributed by atoms with van der Waals surface area (Å²) in [5.74, 6) is -0.271. The van der Waals surface area contributed by atoms with Gasteiger partial charge in [-0.25, -0.2) is 27.6 Å². The van der Waals surface area contributed by atoms with E-state index in [4.69, 9.17) is 4.74 Å². The number of nitrogens with one attached hydrogen (secondary N) is 1. The molecule has 1 N–H and O–H groups in total. The van der Waals surface area contributed by atoms with E-state index in [1.807, 2.05) is 26.1 Å². The summed E-state index contributed by atoms with van der Waals surface area (Å²) in [5.41, 5.74) is 0.816. The minimum Gasteiger partial charge on any atom is -0.447 e. The van der Waals surface area contributed by atoms with Gasteiger partial charge in [0, 0.05) is 31.6 Å². The number of benzene rings is 1. The number of carbonyl (C=O) groups excluding carboxylic acids is 1. The Kier molecular flexibility index (Phi) is 6.24. The van der Waals surface area contributed by atoms with Gasteiger partial charge in [-0.3, -0.25) is 0 Å². The fraction of sp³-hybridized carbons (Fsp3) is 0.409. The van der Waals surface area contributed by atoms with Crippen LogP contribution in [-0.4, -0.2) is 59.4 Å². The van der Waals surface area contributed by atoms with Crippen molar-refractivity contribution in [1.82, 2.24) is 19.4 Å². The third-order valence-corrected chi connectivity index (χ3v) is 6.69. The van der Waals surface area contributed by atoms with Gasteiger partial charge < -0.3 is 19.5 Å². The minimum atomic E-state index is -3.50. The molecule has 11 heteroatoms. The average Bonchev–Trinajstić information content (AvgIpc) is 3.19. The predicted molar refractivity (Wildman–Crippen MR) is 122 cm³/mol. The van der Waals surface area contributed by atoms with Crippen LogP contribution in [0.25, 0.3) is 11.0 Å². The maximum Gasteiger partial charge on any atom is 0.410 e. The molecule has 1 aromatic carbocycles. The highest BCUT2D eigenvalue weighted by Gasteiger charge is 2.26. The quantitative estimate of drug-likeness (QED) is 0.596. The summed E-state index contributed by atoms with van der Waals surface area (Å²) in [6.07, 6.45) is 5.41. The Hall–Kier alpha value is -3.21. The SMILES string of the molecule is CC(C)OC(=O)N1CCC(n2ccc3c(Nc4ccc(S(C)(=O)=O)cc4F)ncnc32)CC1. The van der Waals surface area contributed by atoms with Crippen LogP contribution in [-0.2, 0) is 14.6 Å². The molecule has 3 aromatic rings. The first-order chi connectivity index (χ1) is 15.6. The smallest absolute Gasteiger partial charge is 0.410 e. The van der Waals surface area contributed by atoms with Gasteiger partial charge in [0.1, 0.15) is 23.6 Å². The zero-order valence-corrected chi connectivity index (χ0v) is 19.5. The van der Waals surface area contributed by atoms with Crippen molar-refractivity contribution in [2.75, 3.05) is 24.7 Å². The highest BCUT2D eigenvalue weighted by atomic mass is 32.2. The molecule has 176 valence electrons. The van der Waals surface area contributed by atoms with Crippen molar-refractivity contribution in [2.45, 2.75) is 43.7 Å². The molecule has 0 unspecified atom stereocenters. The second kappa shape index (κ2) is 8.97. The molecule has 1 aliphatic rings. The van der Waals surface area contributed by atoms with Gasteiger partial charge in [0.05, 0.1) is 22.1 Å². The summed E-state index contributed by atoms with van der Waals surface area (Å²) in [6, 6.07) is 5.73. The third kappa shape index (κ3) is 4.92. The first-order valence-electron chi connectivity index (χ1n) is 10.7. The average molecular weight is 476 g/mol. The van der Waals surface area contributed by atoms with Crippen LogP contribution in [0.2, 0.25) is 0 Å². The number of carbonyl (C=O) groups is 1. The molecule has 1 fully saturated rings. The van der Waals surface area contributed by atoms with Gasteiger partial charge in [-0.1, -0.05) is 0 Å². The molecule has 0 aliphatic carbocycles. The van der Waals surface area contributed by atoms with E-state index in [-0.39, 0.29) is 28.8 Å². The van der Waals surface area contributed by atoms with Crippen LogP contribution in [0.4, 0.5) is 20.7 Å². The van der Waals surface area contributed by atoms with Crippen LogP contribution < -0.4 is 5.32 Å². The molecule has 0 spiro atoms. The second-order valence-electron chi connectivity index (χ2n) is 8.37. The van der Waals surface area contributed by atoms with Crippen molar-refractivity contribution in [3.63, 3.8) is 0 Å². The number of rotatable bonds is 5. The number of fused-ring (bicyclic) bond motifs is 1. The van der Waals surface area contributed by atoms with Crippen molar-refractivity contribution in [3.05, 3.63) is 42.6 Å². The van der Waals surface area contributed by atoms with Gasteiger partial charge in [0.2, 0.25) is 0 Å². The lowest BCUT2D eigenvalue weighted by molar-refractivity contribution is 0.0663. The Morgan fingerprint density at radius 1 is 1.21 bits per heavy atom. The normalized spacial score (nSPS) is 15.2. The Labute approximate surface area is 191 Å². The Bertz CT molecular complexity index is 1280. The van der Waals surface area contributed by atoms with Crippen LogP contribution in [0.5, 0.6) is 0 Å². The van der Waals surface area contributed by atoms with E-state index in [0.717, 1.165) is 25.2 Å². The maximum absolute atomic E-state index is 14.5. The second-order valence-corrected chi connectivity index (χ2v) is 10.4. The zero-order chi connectivity index (χ0) is 23.8. The largest absolute Gasteiger partial charge is 0.447 e. The highest BCUT2D eigenvalue weighted by molar-refractivity contribution is 7.90. The lowest BCUT2D eigenvalue weighted by Gasteiger charge is -2.32. The van der Waals surface area contributed by atoms with Gasteiger partial charge in [-0.2, -0.15) is 0 Å². The van der Waals surface area contributed by atoms with Crippen molar-refractivity contribution in [1.29, 1.82) is 0 Å². The summed E-state index contributed by atoms with van der Waals surface area (Å²) in [7, 11) is -3.50. The van der Waals surface area contributed by atoms with Crippen molar-refractivity contribution in [3.8, 4) is 0 Å². The topological polar surface area (TPSA) is 106 Å². The zero-order valence-electron chi connectivity index (χ0n) is 18.7. The molecule has 1 aliphatic heterocycles. The van der Waals surface area contributed by atoms with E-state index < -0.39 is 15.7 Å². The minimum absolute atomic E-state index is 0.0897. The molecule has 4 rings (SSSR count). The number of sulfone groups is 1. The molecule has 2 aromatic heterocycles. The monoisotopic (exact) mass is 475 g/mol. The Balaban J connectivity index is 1.53. The number of hydrogen-bond donors (Lipinski definition) is 1. The van der Waals surface area contributed by atoms with Crippen molar-refractivity contribution >= 4 is 38.5 Å². The van der Waals surface area contributed by atoms with Crippen LogP contribution >= 0.6 is 0 Å². The molecule has 33 heavy (non-hydrogen) atoms. The maximum atomic E-state index is 14.5. The van der Waals surface area contributed by atoms with E-state index in [0.29, 0.717) is 29.9 Å². The Morgan fingerprint density at radius 2 is 1.94 bits per heavy atom. The number of halogens is 1. The number of amides is 1. The standard InChI is InChI=1S/C22H26FN5O4S/c1-14(2)32-22(29)27-9-6-15(7-10-27)28-11-8-17-20(24-13-25-21(17)28)26-19-5-4-16(12-18(19)23)33(3,30)31/h4-5,8,11-15H,6-7,9-10H2,1-3H3,(H,24,25,26). The van der Waals surface area contributed by atoms with E-state index in [9.17, 15) is 17.6 Å².